The molecule has 0 unspecified atom stereocenters. The topological polar surface area (TPSA) is 23.6 Å². The first-order valence-corrected chi connectivity index (χ1v) is 8.69. The van der Waals surface area contributed by atoms with Crippen molar-refractivity contribution < 1.29 is 4.79 Å². The lowest BCUT2D eigenvalue weighted by molar-refractivity contribution is 0.0629. The number of hydrogen-bond donors (Lipinski definition) is 0. The van der Waals surface area contributed by atoms with Crippen molar-refractivity contribution in [3.05, 3.63) is 56.7 Å². The van der Waals surface area contributed by atoms with Crippen molar-refractivity contribution >= 4 is 41.3 Å². The largest absolute Gasteiger partial charge is 0.336 e. The Kier molecular flexibility index (Phi) is 6.48. The summed E-state index contributed by atoms with van der Waals surface area (Å²) in [6, 6.07) is 9.96. The second kappa shape index (κ2) is 8.15. The van der Waals surface area contributed by atoms with Gasteiger partial charge in [0.05, 0.1) is 5.56 Å². The van der Waals surface area contributed by atoms with Crippen LogP contribution in [0.1, 0.15) is 20.8 Å². The van der Waals surface area contributed by atoms with Gasteiger partial charge in [0.1, 0.15) is 0 Å². The van der Waals surface area contributed by atoms with Crippen LogP contribution in [-0.2, 0) is 6.54 Å². The lowest BCUT2D eigenvalue weighted by Crippen LogP contribution is -2.48. The van der Waals surface area contributed by atoms with Crippen LogP contribution in [-0.4, -0.2) is 41.9 Å². The van der Waals surface area contributed by atoms with E-state index in [2.05, 4.69) is 11.0 Å². The maximum Gasteiger partial charge on any atom is 0.254 e. The summed E-state index contributed by atoms with van der Waals surface area (Å²) in [6.45, 7) is 6.30. The van der Waals surface area contributed by atoms with Crippen molar-refractivity contribution in [2.45, 2.75) is 13.5 Å². The summed E-state index contributed by atoms with van der Waals surface area (Å²) in [5.41, 5.74) is 2.05. The summed E-state index contributed by atoms with van der Waals surface area (Å²) >= 11 is 7.66. The van der Waals surface area contributed by atoms with E-state index in [0.29, 0.717) is 0 Å². The number of carbonyl (C=O) groups is 1. The molecule has 0 saturated carbocycles. The standard InChI is InChI=1S/C17H19ClN2OS.ClH/c1-13-9-15(12-22-13)17(21)20-7-5-19(6-8-20)11-14-3-2-4-16(18)10-14;/h2-4,9-10,12H,5-8,11H2,1H3;1H. The van der Waals surface area contributed by atoms with E-state index in [1.165, 1.54) is 10.4 Å². The number of nitrogens with zero attached hydrogens (tertiary/aromatic N) is 2. The highest BCUT2D eigenvalue weighted by molar-refractivity contribution is 7.10. The number of halogens is 2. The molecule has 3 rings (SSSR count). The Bertz CT molecular complexity index is 666. The minimum atomic E-state index is 0. The SMILES string of the molecule is Cc1cc(C(=O)N2CCN(Cc3cccc(Cl)c3)CC2)cs1.Cl. The summed E-state index contributed by atoms with van der Waals surface area (Å²) in [5.74, 6) is 0.159. The van der Waals surface area contributed by atoms with Crippen molar-refractivity contribution in [3.8, 4) is 0 Å². The molecule has 0 atom stereocenters. The molecule has 3 nitrogen and oxygen atoms in total. The van der Waals surface area contributed by atoms with Crippen LogP contribution >= 0.6 is 35.3 Å². The van der Waals surface area contributed by atoms with E-state index in [1.54, 1.807) is 11.3 Å². The van der Waals surface area contributed by atoms with Crippen LogP contribution in [0.25, 0.3) is 0 Å². The number of carbonyl (C=O) groups excluding carboxylic acids is 1. The average molecular weight is 371 g/mol. The van der Waals surface area contributed by atoms with E-state index < -0.39 is 0 Å². The van der Waals surface area contributed by atoms with Gasteiger partial charge < -0.3 is 4.90 Å². The summed E-state index contributed by atoms with van der Waals surface area (Å²) < 4.78 is 0. The maximum absolute atomic E-state index is 12.4. The highest BCUT2D eigenvalue weighted by Gasteiger charge is 2.22. The molecule has 1 aliphatic rings. The Morgan fingerprint density at radius 3 is 2.57 bits per heavy atom. The zero-order valence-corrected chi connectivity index (χ0v) is 15.4. The van der Waals surface area contributed by atoms with Crippen molar-refractivity contribution in [2.75, 3.05) is 26.2 Å². The second-order valence-corrected chi connectivity index (χ2v) is 7.20. The second-order valence-electron chi connectivity index (χ2n) is 5.64. The minimum absolute atomic E-state index is 0. The summed E-state index contributed by atoms with van der Waals surface area (Å²) in [7, 11) is 0. The third-order valence-electron chi connectivity index (χ3n) is 3.93. The highest BCUT2D eigenvalue weighted by Crippen LogP contribution is 2.17. The zero-order valence-electron chi connectivity index (χ0n) is 13.0. The van der Waals surface area contributed by atoms with Crippen molar-refractivity contribution in [1.82, 2.24) is 9.80 Å². The van der Waals surface area contributed by atoms with Gasteiger partial charge in [0.15, 0.2) is 0 Å². The number of amides is 1. The zero-order chi connectivity index (χ0) is 15.5. The third kappa shape index (κ3) is 4.70. The molecule has 0 radical (unpaired) electrons. The Balaban J connectivity index is 0.00000192. The van der Waals surface area contributed by atoms with Gasteiger partial charge in [-0.1, -0.05) is 23.7 Å². The first-order valence-electron chi connectivity index (χ1n) is 7.43. The van der Waals surface area contributed by atoms with Crippen molar-refractivity contribution in [2.24, 2.45) is 0 Å². The van der Waals surface area contributed by atoms with E-state index >= 15 is 0 Å². The fourth-order valence-electron chi connectivity index (χ4n) is 2.74. The molecular weight excluding hydrogens is 351 g/mol. The van der Waals surface area contributed by atoms with Gasteiger partial charge in [-0.05, 0) is 30.7 Å². The first-order chi connectivity index (χ1) is 10.6. The molecule has 1 saturated heterocycles. The monoisotopic (exact) mass is 370 g/mol. The van der Waals surface area contributed by atoms with Gasteiger partial charge in [-0.2, -0.15) is 0 Å². The third-order valence-corrected chi connectivity index (χ3v) is 5.03. The van der Waals surface area contributed by atoms with Gasteiger partial charge in [0.25, 0.3) is 5.91 Å². The van der Waals surface area contributed by atoms with Crippen LogP contribution in [0.5, 0.6) is 0 Å². The van der Waals surface area contributed by atoms with E-state index in [4.69, 9.17) is 11.6 Å². The summed E-state index contributed by atoms with van der Waals surface area (Å²) in [4.78, 5) is 17.9. The molecule has 2 aromatic rings. The Morgan fingerprint density at radius 2 is 1.96 bits per heavy atom. The van der Waals surface area contributed by atoms with Crippen LogP contribution in [0.3, 0.4) is 0 Å². The van der Waals surface area contributed by atoms with Gasteiger partial charge in [-0.25, -0.2) is 0 Å². The minimum Gasteiger partial charge on any atom is -0.336 e. The van der Waals surface area contributed by atoms with Crippen LogP contribution < -0.4 is 0 Å². The van der Waals surface area contributed by atoms with Crippen LogP contribution in [0.2, 0.25) is 5.02 Å². The molecule has 1 fully saturated rings. The number of piperazine rings is 1. The smallest absolute Gasteiger partial charge is 0.254 e. The fraction of sp³-hybridized carbons (Fsp3) is 0.353. The van der Waals surface area contributed by atoms with E-state index in [0.717, 1.165) is 43.3 Å². The molecule has 1 amide bonds. The molecule has 124 valence electrons. The summed E-state index contributed by atoms with van der Waals surface area (Å²) in [6.07, 6.45) is 0. The molecule has 0 spiro atoms. The predicted molar refractivity (Wildman–Crippen MR) is 98.9 cm³/mol. The number of rotatable bonds is 3. The normalized spacial score (nSPS) is 15.3. The van der Waals surface area contributed by atoms with Crippen LogP contribution in [0.15, 0.2) is 35.7 Å². The number of thiophene rings is 1. The fourth-order valence-corrected chi connectivity index (χ4v) is 3.63. The molecule has 0 aliphatic carbocycles. The van der Waals surface area contributed by atoms with Gasteiger partial charge in [0, 0.05) is 48.0 Å². The highest BCUT2D eigenvalue weighted by atomic mass is 35.5. The van der Waals surface area contributed by atoms with E-state index in [9.17, 15) is 4.79 Å². The molecular formula is C17H20Cl2N2OS. The average Bonchev–Trinajstić information content (AvgIpc) is 2.94. The van der Waals surface area contributed by atoms with Crippen LogP contribution in [0.4, 0.5) is 0 Å². The molecule has 6 heteroatoms. The lowest BCUT2D eigenvalue weighted by atomic mass is 10.2. The number of benzene rings is 1. The number of hydrogen-bond acceptors (Lipinski definition) is 3. The van der Waals surface area contributed by atoms with Gasteiger partial charge in [-0.15, -0.1) is 23.7 Å². The Labute approximate surface area is 152 Å². The number of aryl methyl sites for hydroxylation is 1. The molecule has 0 N–H and O–H groups in total. The molecule has 0 bridgehead atoms. The molecule has 23 heavy (non-hydrogen) atoms. The molecule has 1 aromatic heterocycles. The lowest BCUT2D eigenvalue weighted by Gasteiger charge is -2.34. The van der Waals surface area contributed by atoms with E-state index in [1.807, 2.05) is 41.5 Å². The predicted octanol–water partition coefficient (Wildman–Crippen LogP) is 4.09. The molecule has 2 heterocycles. The summed E-state index contributed by atoms with van der Waals surface area (Å²) in [5, 5.41) is 2.73. The molecule has 1 aromatic carbocycles. The Morgan fingerprint density at radius 1 is 1.22 bits per heavy atom. The Hall–Kier alpha value is -1.07. The molecule has 1 aliphatic heterocycles. The van der Waals surface area contributed by atoms with Gasteiger partial charge in [-0.3, -0.25) is 9.69 Å². The van der Waals surface area contributed by atoms with Crippen LogP contribution in [0, 0.1) is 6.92 Å². The van der Waals surface area contributed by atoms with Crippen molar-refractivity contribution in [1.29, 1.82) is 0 Å². The first kappa shape index (κ1) is 18.3. The van der Waals surface area contributed by atoms with Gasteiger partial charge >= 0.3 is 0 Å². The van der Waals surface area contributed by atoms with E-state index in [-0.39, 0.29) is 18.3 Å². The maximum atomic E-state index is 12.4. The van der Waals surface area contributed by atoms with Gasteiger partial charge in [0.2, 0.25) is 0 Å². The van der Waals surface area contributed by atoms with Crippen molar-refractivity contribution in [3.63, 3.8) is 0 Å². The quantitative estimate of drug-likeness (QED) is 0.812.